The molecule has 4 rings (SSSR count). The Labute approximate surface area is 198 Å². The van der Waals surface area contributed by atoms with Crippen LogP contribution in [0.1, 0.15) is 54.1 Å². The molecular formula is C27H29NO4S. The lowest BCUT2D eigenvalue weighted by atomic mass is 9.89. The summed E-state index contributed by atoms with van der Waals surface area (Å²) in [5, 5.41) is 5.40. The zero-order valence-corrected chi connectivity index (χ0v) is 19.7. The van der Waals surface area contributed by atoms with E-state index in [1.165, 1.54) is 35.3 Å². The molecule has 0 atom stereocenters. The van der Waals surface area contributed by atoms with Crippen molar-refractivity contribution in [1.29, 1.82) is 0 Å². The number of ether oxygens (including phenoxy) is 2. The summed E-state index contributed by atoms with van der Waals surface area (Å²) in [5.41, 5.74) is 4.99. The number of para-hydroxylation sites is 1. The van der Waals surface area contributed by atoms with E-state index in [4.69, 9.17) is 9.47 Å². The van der Waals surface area contributed by atoms with Crippen molar-refractivity contribution < 1.29 is 19.1 Å². The zero-order valence-electron chi connectivity index (χ0n) is 18.9. The second-order valence-electron chi connectivity index (χ2n) is 8.08. The van der Waals surface area contributed by atoms with Gasteiger partial charge in [-0.05, 0) is 67.9 Å². The molecule has 1 aromatic heterocycles. The van der Waals surface area contributed by atoms with Gasteiger partial charge in [0.1, 0.15) is 16.3 Å². The highest BCUT2D eigenvalue weighted by molar-refractivity contribution is 7.15. The molecule has 0 radical (unpaired) electrons. The molecule has 0 fully saturated rings. The van der Waals surface area contributed by atoms with Gasteiger partial charge in [0.25, 0.3) is 0 Å². The van der Waals surface area contributed by atoms with Gasteiger partial charge in [0.05, 0.1) is 13.2 Å². The molecule has 1 heterocycles. The first-order valence-electron chi connectivity index (χ1n) is 11.5. The molecule has 1 amide bonds. The average Bonchev–Trinajstić information content (AvgIpc) is 3.26. The Morgan fingerprint density at radius 2 is 1.82 bits per heavy atom. The lowest BCUT2D eigenvalue weighted by Crippen LogP contribution is -2.15. The molecule has 1 N–H and O–H groups in total. The van der Waals surface area contributed by atoms with Gasteiger partial charge in [-0.1, -0.05) is 36.4 Å². The predicted molar refractivity (Wildman–Crippen MR) is 132 cm³/mol. The molecule has 33 heavy (non-hydrogen) atoms. The smallest absolute Gasteiger partial charge is 0.341 e. The van der Waals surface area contributed by atoms with Crippen molar-refractivity contribution >= 4 is 28.2 Å². The van der Waals surface area contributed by atoms with Crippen LogP contribution in [0.5, 0.6) is 5.75 Å². The Balaban J connectivity index is 1.46. The normalized spacial score (nSPS) is 12.6. The number of carbonyl (C=O) groups is 2. The van der Waals surface area contributed by atoms with Crippen LogP contribution in [0.3, 0.4) is 0 Å². The van der Waals surface area contributed by atoms with Gasteiger partial charge in [-0.15, -0.1) is 11.3 Å². The lowest BCUT2D eigenvalue weighted by Gasteiger charge is -2.17. The standard InChI is InChI=1S/C27H29NO4S/c1-2-31-27(30)25-23(21-15-14-19-9-6-7-10-20(19)17-21)18-33-26(25)28-24(29)13-8-16-32-22-11-4-3-5-12-22/h3-5,11-12,14-15,17-18H,2,6-10,13,16H2,1H3,(H,28,29). The highest BCUT2D eigenvalue weighted by Crippen LogP contribution is 2.38. The molecule has 0 unspecified atom stereocenters. The van der Waals surface area contributed by atoms with Crippen molar-refractivity contribution in [2.24, 2.45) is 0 Å². The predicted octanol–water partition coefficient (Wildman–Crippen LogP) is 6.27. The van der Waals surface area contributed by atoms with E-state index in [9.17, 15) is 9.59 Å². The van der Waals surface area contributed by atoms with Crippen molar-refractivity contribution in [2.75, 3.05) is 18.5 Å². The van der Waals surface area contributed by atoms with Crippen LogP contribution >= 0.6 is 11.3 Å². The fourth-order valence-electron chi connectivity index (χ4n) is 4.10. The number of anilines is 1. The van der Waals surface area contributed by atoms with Crippen LogP contribution in [-0.4, -0.2) is 25.1 Å². The number of fused-ring (bicyclic) bond motifs is 1. The van der Waals surface area contributed by atoms with E-state index in [-0.39, 0.29) is 12.5 Å². The van der Waals surface area contributed by atoms with Crippen LogP contribution in [0, 0.1) is 0 Å². The minimum absolute atomic E-state index is 0.143. The molecule has 3 aromatic rings. The van der Waals surface area contributed by atoms with Crippen LogP contribution in [0.2, 0.25) is 0 Å². The molecule has 0 aliphatic heterocycles. The first-order valence-corrected chi connectivity index (χ1v) is 12.4. The number of nitrogens with one attached hydrogen (secondary N) is 1. The largest absolute Gasteiger partial charge is 0.494 e. The van der Waals surface area contributed by atoms with Crippen molar-refractivity contribution in [3.05, 3.63) is 70.6 Å². The number of hydrogen-bond donors (Lipinski definition) is 1. The topological polar surface area (TPSA) is 64.6 Å². The number of esters is 1. The van der Waals surface area contributed by atoms with Gasteiger partial charge in [0, 0.05) is 17.4 Å². The third-order valence-electron chi connectivity index (χ3n) is 5.74. The van der Waals surface area contributed by atoms with E-state index < -0.39 is 5.97 Å². The monoisotopic (exact) mass is 463 g/mol. The van der Waals surface area contributed by atoms with E-state index in [2.05, 4.69) is 23.5 Å². The molecule has 172 valence electrons. The number of benzene rings is 2. The van der Waals surface area contributed by atoms with E-state index in [1.807, 2.05) is 35.7 Å². The van der Waals surface area contributed by atoms with E-state index in [0.717, 1.165) is 29.7 Å². The summed E-state index contributed by atoms with van der Waals surface area (Å²) in [5.74, 6) is 0.237. The van der Waals surface area contributed by atoms with E-state index >= 15 is 0 Å². The number of thiophene rings is 1. The highest BCUT2D eigenvalue weighted by Gasteiger charge is 2.23. The van der Waals surface area contributed by atoms with E-state index in [1.54, 1.807) is 6.92 Å². The molecule has 0 saturated heterocycles. The van der Waals surface area contributed by atoms with Gasteiger partial charge in [0.15, 0.2) is 0 Å². The fourth-order valence-corrected chi connectivity index (χ4v) is 5.07. The van der Waals surface area contributed by atoms with Gasteiger partial charge in [-0.25, -0.2) is 4.79 Å². The average molecular weight is 464 g/mol. The van der Waals surface area contributed by atoms with Crippen molar-refractivity contribution in [3.8, 4) is 16.9 Å². The Morgan fingerprint density at radius 1 is 1.03 bits per heavy atom. The molecule has 1 aliphatic rings. The van der Waals surface area contributed by atoms with E-state index in [0.29, 0.717) is 30.0 Å². The van der Waals surface area contributed by atoms with Gasteiger partial charge >= 0.3 is 5.97 Å². The molecule has 2 aromatic carbocycles. The number of aryl methyl sites for hydroxylation is 2. The summed E-state index contributed by atoms with van der Waals surface area (Å²) in [6.45, 7) is 2.52. The molecule has 0 saturated carbocycles. The molecule has 5 nitrogen and oxygen atoms in total. The van der Waals surface area contributed by atoms with Gasteiger partial charge < -0.3 is 14.8 Å². The minimum atomic E-state index is -0.408. The van der Waals surface area contributed by atoms with Crippen LogP contribution in [0.25, 0.3) is 11.1 Å². The minimum Gasteiger partial charge on any atom is -0.494 e. The second kappa shape index (κ2) is 11.1. The fraction of sp³-hybridized carbons (Fsp3) is 0.333. The lowest BCUT2D eigenvalue weighted by molar-refractivity contribution is -0.116. The first-order chi connectivity index (χ1) is 16.2. The summed E-state index contributed by atoms with van der Waals surface area (Å²) < 4.78 is 11.0. The molecule has 1 aliphatic carbocycles. The maximum atomic E-state index is 12.8. The summed E-state index contributed by atoms with van der Waals surface area (Å²) in [6, 6.07) is 16.0. The highest BCUT2D eigenvalue weighted by atomic mass is 32.1. The van der Waals surface area contributed by atoms with Crippen LogP contribution in [-0.2, 0) is 22.4 Å². The molecule has 0 bridgehead atoms. The van der Waals surface area contributed by atoms with Crippen LogP contribution in [0.15, 0.2) is 53.9 Å². The van der Waals surface area contributed by atoms with Gasteiger partial charge in [-0.3, -0.25) is 4.79 Å². The maximum absolute atomic E-state index is 12.8. The third-order valence-corrected chi connectivity index (χ3v) is 6.64. The summed E-state index contributed by atoms with van der Waals surface area (Å²) in [4.78, 5) is 25.4. The van der Waals surface area contributed by atoms with Gasteiger partial charge in [-0.2, -0.15) is 0 Å². The summed E-state index contributed by atoms with van der Waals surface area (Å²) in [6.07, 6.45) is 5.49. The number of amides is 1. The molecular weight excluding hydrogens is 434 g/mol. The Bertz CT molecular complexity index is 1110. The van der Waals surface area contributed by atoms with Crippen molar-refractivity contribution in [1.82, 2.24) is 0 Å². The Kier molecular flexibility index (Phi) is 7.79. The number of carbonyl (C=O) groups excluding carboxylic acids is 2. The quantitative estimate of drug-likeness (QED) is 0.300. The van der Waals surface area contributed by atoms with Crippen LogP contribution < -0.4 is 10.1 Å². The maximum Gasteiger partial charge on any atom is 0.341 e. The number of rotatable bonds is 9. The molecule has 0 spiro atoms. The summed E-state index contributed by atoms with van der Waals surface area (Å²) >= 11 is 1.36. The number of hydrogen-bond acceptors (Lipinski definition) is 5. The summed E-state index contributed by atoms with van der Waals surface area (Å²) in [7, 11) is 0. The molecule has 6 heteroatoms. The van der Waals surface area contributed by atoms with Crippen molar-refractivity contribution in [2.45, 2.75) is 45.4 Å². The van der Waals surface area contributed by atoms with Crippen molar-refractivity contribution in [3.63, 3.8) is 0 Å². The Hall–Kier alpha value is -3.12. The van der Waals surface area contributed by atoms with Gasteiger partial charge in [0.2, 0.25) is 5.91 Å². The third kappa shape index (κ3) is 5.82. The zero-order chi connectivity index (χ0) is 23.0. The Morgan fingerprint density at radius 3 is 2.61 bits per heavy atom. The first kappa shape index (κ1) is 23.1. The van der Waals surface area contributed by atoms with Crippen LogP contribution in [0.4, 0.5) is 5.00 Å². The second-order valence-corrected chi connectivity index (χ2v) is 8.96. The SMILES string of the molecule is CCOC(=O)c1c(-c2ccc3c(c2)CCCC3)csc1NC(=O)CCCOc1ccccc1.